The SMILES string of the molecule is CC[C@@H](Oc1ccc2c(=O)c(Oc3ccc(OC)cc3)c(C(F)(F)F)oc2c1)C(=O)OCc1ccccc1. The quantitative estimate of drug-likeness (QED) is 0.229. The maximum Gasteiger partial charge on any atom is 0.453 e. The first-order valence-electron chi connectivity index (χ1n) is 11.6. The minimum atomic E-state index is -5.03. The molecule has 0 bridgehead atoms. The number of ether oxygens (including phenoxy) is 4. The molecular weight excluding hydrogens is 505 g/mol. The summed E-state index contributed by atoms with van der Waals surface area (Å²) in [5.41, 5.74) is -0.611. The molecule has 10 heteroatoms. The number of alkyl halides is 3. The van der Waals surface area contributed by atoms with Crippen molar-refractivity contribution in [1.82, 2.24) is 0 Å². The van der Waals surface area contributed by atoms with Crippen molar-refractivity contribution in [1.29, 1.82) is 0 Å². The molecule has 4 aromatic rings. The van der Waals surface area contributed by atoms with Gasteiger partial charge in [-0.3, -0.25) is 4.79 Å². The Morgan fingerprint density at radius 2 is 1.61 bits per heavy atom. The van der Waals surface area contributed by atoms with E-state index in [1.807, 2.05) is 18.2 Å². The first-order valence-corrected chi connectivity index (χ1v) is 11.6. The highest BCUT2D eigenvalue weighted by Gasteiger charge is 2.40. The molecule has 0 amide bonds. The molecule has 0 N–H and O–H groups in total. The van der Waals surface area contributed by atoms with Crippen LogP contribution in [0.3, 0.4) is 0 Å². The van der Waals surface area contributed by atoms with E-state index in [1.165, 1.54) is 43.5 Å². The summed E-state index contributed by atoms with van der Waals surface area (Å²) in [4.78, 5) is 25.5. The second kappa shape index (κ2) is 11.3. The number of rotatable bonds is 9. The molecule has 3 aromatic carbocycles. The standard InChI is InChI=1S/C28H23F3O7/c1-3-22(27(33)35-16-17-7-5-4-6-8-17)36-20-13-14-21-23(15-20)38-26(28(29,30)31)25(24(21)32)37-19-11-9-18(34-2)10-12-19/h4-15,22H,3,16H2,1-2H3/t22-/m1/s1. The lowest BCUT2D eigenvalue weighted by molar-refractivity contribution is -0.154. The van der Waals surface area contributed by atoms with Crippen molar-refractivity contribution in [3.05, 3.63) is 94.3 Å². The zero-order valence-corrected chi connectivity index (χ0v) is 20.4. The number of hydrogen-bond donors (Lipinski definition) is 0. The highest BCUT2D eigenvalue weighted by atomic mass is 19.4. The lowest BCUT2D eigenvalue weighted by Gasteiger charge is -2.17. The Bertz CT molecular complexity index is 1460. The van der Waals surface area contributed by atoms with Crippen molar-refractivity contribution in [2.24, 2.45) is 0 Å². The Balaban J connectivity index is 1.61. The van der Waals surface area contributed by atoms with Gasteiger partial charge in [-0.2, -0.15) is 13.2 Å². The van der Waals surface area contributed by atoms with Crippen molar-refractivity contribution < 1.29 is 41.3 Å². The van der Waals surface area contributed by atoms with Gasteiger partial charge in [0.15, 0.2) is 6.10 Å². The number of carbonyl (C=O) groups excluding carboxylic acids is 1. The van der Waals surface area contributed by atoms with Crippen LogP contribution < -0.4 is 19.6 Å². The van der Waals surface area contributed by atoms with E-state index in [0.717, 1.165) is 11.6 Å². The van der Waals surface area contributed by atoms with Gasteiger partial charge in [0.25, 0.3) is 5.76 Å². The first-order chi connectivity index (χ1) is 18.2. The van der Waals surface area contributed by atoms with Gasteiger partial charge in [0.1, 0.15) is 29.4 Å². The predicted molar refractivity (Wildman–Crippen MR) is 131 cm³/mol. The number of methoxy groups -OCH3 is 1. The molecule has 0 aliphatic heterocycles. The molecule has 0 aliphatic rings. The summed E-state index contributed by atoms with van der Waals surface area (Å²) in [6.07, 6.45) is -5.82. The minimum absolute atomic E-state index is 0.0114. The smallest absolute Gasteiger partial charge is 0.453 e. The van der Waals surface area contributed by atoms with Crippen molar-refractivity contribution in [3.63, 3.8) is 0 Å². The van der Waals surface area contributed by atoms with Crippen LogP contribution in [0.25, 0.3) is 11.0 Å². The van der Waals surface area contributed by atoms with Crippen LogP contribution in [0.4, 0.5) is 13.2 Å². The van der Waals surface area contributed by atoms with Gasteiger partial charge in [-0.25, -0.2) is 4.79 Å². The number of halogens is 3. The van der Waals surface area contributed by atoms with Crippen LogP contribution in [-0.2, 0) is 22.3 Å². The number of fused-ring (bicyclic) bond motifs is 1. The van der Waals surface area contributed by atoms with Crippen molar-refractivity contribution in [2.45, 2.75) is 32.2 Å². The van der Waals surface area contributed by atoms with Crippen LogP contribution in [0.5, 0.6) is 23.0 Å². The van der Waals surface area contributed by atoms with Gasteiger partial charge in [-0.15, -0.1) is 0 Å². The third-order valence-electron chi connectivity index (χ3n) is 5.49. The third kappa shape index (κ3) is 6.08. The largest absolute Gasteiger partial charge is 0.497 e. The van der Waals surface area contributed by atoms with Gasteiger partial charge >= 0.3 is 12.1 Å². The van der Waals surface area contributed by atoms with Crippen LogP contribution in [-0.4, -0.2) is 19.2 Å². The number of carbonyl (C=O) groups is 1. The monoisotopic (exact) mass is 528 g/mol. The summed E-state index contributed by atoms with van der Waals surface area (Å²) < 4.78 is 68.0. The van der Waals surface area contributed by atoms with E-state index >= 15 is 0 Å². The second-order valence-corrected chi connectivity index (χ2v) is 8.13. The summed E-state index contributed by atoms with van der Waals surface area (Å²) >= 11 is 0. The number of esters is 1. The fraction of sp³-hybridized carbons (Fsp3) is 0.214. The van der Waals surface area contributed by atoms with Gasteiger partial charge in [-0.05, 0) is 48.4 Å². The molecule has 0 radical (unpaired) electrons. The van der Waals surface area contributed by atoms with E-state index in [2.05, 4.69) is 0 Å². The van der Waals surface area contributed by atoms with Gasteiger partial charge in [0.05, 0.1) is 12.5 Å². The van der Waals surface area contributed by atoms with E-state index < -0.39 is 35.2 Å². The maximum absolute atomic E-state index is 13.8. The summed E-state index contributed by atoms with van der Waals surface area (Å²) in [5.74, 6) is -2.77. The molecule has 0 aliphatic carbocycles. The molecule has 1 heterocycles. The lowest BCUT2D eigenvalue weighted by Crippen LogP contribution is -2.28. The third-order valence-corrected chi connectivity index (χ3v) is 5.49. The zero-order valence-electron chi connectivity index (χ0n) is 20.4. The maximum atomic E-state index is 13.8. The lowest BCUT2D eigenvalue weighted by atomic mass is 10.2. The summed E-state index contributed by atoms with van der Waals surface area (Å²) in [7, 11) is 1.43. The van der Waals surface area contributed by atoms with E-state index in [4.69, 9.17) is 23.4 Å². The molecule has 0 fully saturated rings. The van der Waals surface area contributed by atoms with E-state index in [0.29, 0.717) is 5.75 Å². The van der Waals surface area contributed by atoms with E-state index in [-0.39, 0.29) is 35.5 Å². The normalized spacial score (nSPS) is 12.1. The molecular formula is C28H23F3O7. The molecule has 0 saturated carbocycles. The minimum Gasteiger partial charge on any atom is -0.497 e. The molecule has 38 heavy (non-hydrogen) atoms. The first kappa shape index (κ1) is 26.6. The zero-order chi connectivity index (χ0) is 27.3. The average molecular weight is 528 g/mol. The summed E-state index contributed by atoms with van der Waals surface area (Å²) in [5, 5.41) is -0.159. The fourth-order valence-electron chi connectivity index (χ4n) is 3.55. The second-order valence-electron chi connectivity index (χ2n) is 8.13. The molecule has 4 rings (SSSR count). The van der Waals surface area contributed by atoms with Gasteiger partial charge in [0.2, 0.25) is 11.2 Å². The number of benzene rings is 3. The predicted octanol–water partition coefficient (Wildman–Crippen LogP) is 6.51. The van der Waals surface area contributed by atoms with Crippen LogP contribution >= 0.6 is 0 Å². The average Bonchev–Trinajstić information content (AvgIpc) is 2.92. The Morgan fingerprint density at radius 3 is 2.24 bits per heavy atom. The van der Waals surface area contributed by atoms with Gasteiger partial charge < -0.3 is 23.4 Å². The van der Waals surface area contributed by atoms with Crippen LogP contribution in [0.1, 0.15) is 24.7 Å². The molecule has 1 aromatic heterocycles. The van der Waals surface area contributed by atoms with Crippen molar-refractivity contribution in [2.75, 3.05) is 7.11 Å². The summed E-state index contributed by atoms with van der Waals surface area (Å²) in [6, 6.07) is 18.4. The van der Waals surface area contributed by atoms with Gasteiger partial charge in [-0.1, -0.05) is 37.3 Å². The van der Waals surface area contributed by atoms with E-state index in [1.54, 1.807) is 19.1 Å². The van der Waals surface area contributed by atoms with Crippen LogP contribution in [0.2, 0.25) is 0 Å². The molecule has 0 unspecified atom stereocenters. The molecule has 0 spiro atoms. The van der Waals surface area contributed by atoms with Crippen molar-refractivity contribution in [3.8, 4) is 23.0 Å². The summed E-state index contributed by atoms with van der Waals surface area (Å²) in [6.45, 7) is 1.73. The molecule has 0 saturated heterocycles. The number of hydrogen-bond acceptors (Lipinski definition) is 7. The Hall–Kier alpha value is -4.47. The molecule has 7 nitrogen and oxygen atoms in total. The van der Waals surface area contributed by atoms with E-state index in [9.17, 15) is 22.8 Å². The van der Waals surface area contributed by atoms with Crippen LogP contribution in [0, 0.1) is 0 Å². The highest BCUT2D eigenvalue weighted by molar-refractivity contribution is 5.80. The fourth-order valence-corrected chi connectivity index (χ4v) is 3.55. The molecule has 1 atom stereocenters. The highest BCUT2D eigenvalue weighted by Crippen LogP contribution is 2.39. The van der Waals surface area contributed by atoms with Gasteiger partial charge in [0, 0.05) is 6.07 Å². The topological polar surface area (TPSA) is 84.2 Å². The Morgan fingerprint density at radius 1 is 0.947 bits per heavy atom. The van der Waals surface area contributed by atoms with Crippen molar-refractivity contribution >= 4 is 16.9 Å². The Kier molecular flexibility index (Phi) is 7.90. The van der Waals surface area contributed by atoms with Crippen LogP contribution in [0.15, 0.2) is 82.0 Å². The molecule has 198 valence electrons. The Labute approximate surface area is 215 Å².